The van der Waals surface area contributed by atoms with Crippen molar-refractivity contribution in [3.8, 4) is 0 Å². The van der Waals surface area contributed by atoms with E-state index in [2.05, 4.69) is 5.32 Å². The molecule has 1 saturated heterocycles. The number of hydrogen-bond donors (Lipinski definition) is 1. The van der Waals surface area contributed by atoms with Crippen LogP contribution in [0.25, 0.3) is 0 Å². The lowest BCUT2D eigenvalue weighted by atomic mass is 10.1. The van der Waals surface area contributed by atoms with E-state index in [4.69, 9.17) is 9.47 Å². The van der Waals surface area contributed by atoms with Crippen LogP contribution in [0.2, 0.25) is 0 Å². The van der Waals surface area contributed by atoms with E-state index in [1.807, 2.05) is 6.92 Å². The Kier molecular flexibility index (Phi) is 3.03. The zero-order valence-electron chi connectivity index (χ0n) is 8.49. The Labute approximate surface area is 84.0 Å². The molecule has 14 heavy (non-hydrogen) atoms. The molecule has 0 unspecified atom stereocenters. The molecule has 0 aromatic heterocycles. The molecule has 1 N–H and O–H groups in total. The largest absolute Gasteiger partial charge is 0.466 e. The molecular weight excluding hydrogens is 182 g/mol. The van der Waals surface area contributed by atoms with E-state index in [0.717, 1.165) is 26.0 Å². The summed E-state index contributed by atoms with van der Waals surface area (Å²) in [5, 5.41) is 3.38. The van der Waals surface area contributed by atoms with Crippen LogP contribution in [0.1, 0.15) is 19.8 Å². The average Bonchev–Trinajstić information content (AvgIpc) is 2.61. The number of morpholine rings is 1. The van der Waals surface area contributed by atoms with Crippen molar-refractivity contribution < 1.29 is 14.3 Å². The van der Waals surface area contributed by atoms with E-state index in [9.17, 15) is 4.79 Å². The van der Waals surface area contributed by atoms with Crippen molar-refractivity contribution >= 4 is 5.97 Å². The lowest BCUT2D eigenvalue weighted by Crippen LogP contribution is -2.44. The van der Waals surface area contributed by atoms with E-state index >= 15 is 0 Å². The molecule has 3 atom stereocenters. The van der Waals surface area contributed by atoms with Crippen LogP contribution in [-0.4, -0.2) is 37.9 Å². The van der Waals surface area contributed by atoms with Crippen molar-refractivity contribution in [2.75, 3.05) is 19.8 Å². The summed E-state index contributed by atoms with van der Waals surface area (Å²) in [4.78, 5) is 11.5. The molecule has 2 aliphatic rings. The topological polar surface area (TPSA) is 47.6 Å². The molecule has 4 nitrogen and oxygen atoms in total. The van der Waals surface area contributed by atoms with Gasteiger partial charge >= 0.3 is 5.97 Å². The zero-order valence-corrected chi connectivity index (χ0v) is 8.49. The second-order valence-electron chi connectivity index (χ2n) is 3.89. The van der Waals surface area contributed by atoms with Gasteiger partial charge in [0.1, 0.15) is 0 Å². The second-order valence-corrected chi connectivity index (χ2v) is 3.89. The molecule has 80 valence electrons. The van der Waals surface area contributed by atoms with Crippen molar-refractivity contribution in [1.29, 1.82) is 0 Å². The normalized spacial score (nSPS) is 36.5. The third-order valence-electron chi connectivity index (χ3n) is 2.96. The van der Waals surface area contributed by atoms with Gasteiger partial charge in [0.25, 0.3) is 0 Å². The number of esters is 1. The smallest absolute Gasteiger partial charge is 0.309 e. The van der Waals surface area contributed by atoms with Gasteiger partial charge in [-0.05, 0) is 19.8 Å². The Morgan fingerprint density at radius 2 is 2.43 bits per heavy atom. The van der Waals surface area contributed by atoms with Crippen LogP contribution >= 0.6 is 0 Å². The predicted octanol–water partition coefficient (Wildman–Crippen LogP) is 0.317. The molecule has 0 amide bonds. The number of nitrogens with one attached hydrogen (secondary N) is 1. The third kappa shape index (κ3) is 1.91. The minimum absolute atomic E-state index is 0.0375. The highest BCUT2D eigenvalue weighted by Crippen LogP contribution is 2.30. The fourth-order valence-electron chi connectivity index (χ4n) is 2.31. The fourth-order valence-corrected chi connectivity index (χ4v) is 2.31. The Hall–Kier alpha value is -0.610. The van der Waals surface area contributed by atoms with Gasteiger partial charge in [-0.2, -0.15) is 0 Å². The van der Waals surface area contributed by atoms with Crippen LogP contribution in [0.5, 0.6) is 0 Å². The summed E-state index contributed by atoms with van der Waals surface area (Å²) in [6, 6.07) is 0.359. The van der Waals surface area contributed by atoms with Crippen molar-refractivity contribution in [2.45, 2.75) is 31.9 Å². The Bertz CT molecular complexity index is 205. The lowest BCUT2D eigenvalue weighted by Gasteiger charge is -2.26. The minimum Gasteiger partial charge on any atom is -0.466 e. The summed E-state index contributed by atoms with van der Waals surface area (Å²) < 4.78 is 10.6. The number of carbonyl (C=O) groups excluding carboxylic acids is 1. The predicted molar refractivity (Wildman–Crippen MR) is 50.9 cm³/mol. The van der Waals surface area contributed by atoms with Gasteiger partial charge in [-0.15, -0.1) is 0 Å². The van der Waals surface area contributed by atoms with E-state index in [1.165, 1.54) is 0 Å². The van der Waals surface area contributed by atoms with Crippen LogP contribution in [0.15, 0.2) is 0 Å². The highest BCUT2D eigenvalue weighted by molar-refractivity contribution is 5.73. The van der Waals surface area contributed by atoms with E-state index < -0.39 is 0 Å². The molecule has 1 aliphatic heterocycles. The van der Waals surface area contributed by atoms with Gasteiger partial charge in [-0.25, -0.2) is 0 Å². The van der Waals surface area contributed by atoms with Crippen LogP contribution < -0.4 is 5.32 Å². The molecule has 4 heteroatoms. The first-order valence-corrected chi connectivity index (χ1v) is 5.33. The van der Waals surface area contributed by atoms with Gasteiger partial charge in [-0.3, -0.25) is 4.79 Å². The Morgan fingerprint density at radius 1 is 1.57 bits per heavy atom. The summed E-state index contributed by atoms with van der Waals surface area (Å²) >= 11 is 0. The van der Waals surface area contributed by atoms with E-state index in [0.29, 0.717) is 12.6 Å². The Balaban J connectivity index is 1.89. The summed E-state index contributed by atoms with van der Waals surface area (Å²) in [5.41, 5.74) is 0. The van der Waals surface area contributed by atoms with Crippen molar-refractivity contribution in [1.82, 2.24) is 5.32 Å². The number of hydrogen-bond acceptors (Lipinski definition) is 4. The van der Waals surface area contributed by atoms with Crippen LogP contribution in [-0.2, 0) is 14.3 Å². The highest BCUT2D eigenvalue weighted by Gasteiger charge is 2.40. The maximum Gasteiger partial charge on any atom is 0.309 e. The fraction of sp³-hybridized carbons (Fsp3) is 0.900. The molecule has 2 rings (SSSR count). The number of carbonyl (C=O) groups is 1. The Morgan fingerprint density at radius 3 is 3.14 bits per heavy atom. The highest BCUT2D eigenvalue weighted by atomic mass is 16.5. The molecular formula is C10H17NO3. The van der Waals surface area contributed by atoms with Gasteiger partial charge in [0, 0.05) is 12.6 Å². The first-order valence-electron chi connectivity index (χ1n) is 5.33. The molecule has 1 saturated carbocycles. The molecule has 0 bridgehead atoms. The van der Waals surface area contributed by atoms with E-state index in [1.54, 1.807) is 0 Å². The first kappa shape index (κ1) is 9.93. The molecule has 0 aromatic carbocycles. The van der Waals surface area contributed by atoms with Crippen LogP contribution in [0.4, 0.5) is 0 Å². The molecule has 1 aliphatic carbocycles. The summed E-state index contributed by atoms with van der Waals surface area (Å²) in [7, 11) is 0. The van der Waals surface area contributed by atoms with Crippen molar-refractivity contribution in [2.24, 2.45) is 5.92 Å². The maximum atomic E-state index is 11.5. The number of fused-ring (bicyclic) bond motifs is 1. The van der Waals surface area contributed by atoms with Gasteiger partial charge < -0.3 is 14.8 Å². The first-order chi connectivity index (χ1) is 6.81. The second kappa shape index (κ2) is 4.28. The average molecular weight is 199 g/mol. The molecule has 2 fully saturated rings. The van der Waals surface area contributed by atoms with Gasteiger partial charge in [0.05, 0.1) is 25.2 Å². The molecule has 0 aromatic rings. The van der Waals surface area contributed by atoms with E-state index in [-0.39, 0.29) is 18.0 Å². The summed E-state index contributed by atoms with van der Waals surface area (Å²) in [6.45, 7) is 3.97. The summed E-state index contributed by atoms with van der Waals surface area (Å²) in [5.74, 6) is -0.0251. The molecule has 1 heterocycles. The SMILES string of the molecule is CCOC(=O)[C@@H]1C[C@@H]2NCCO[C@@H]2C1. The monoisotopic (exact) mass is 199 g/mol. The number of rotatable bonds is 2. The summed E-state index contributed by atoms with van der Waals surface area (Å²) in [6.07, 6.45) is 1.90. The van der Waals surface area contributed by atoms with Gasteiger partial charge in [-0.1, -0.05) is 0 Å². The number of ether oxygens (including phenoxy) is 2. The molecule has 0 spiro atoms. The zero-order chi connectivity index (χ0) is 9.97. The minimum atomic E-state index is -0.0627. The lowest BCUT2D eigenvalue weighted by molar-refractivity contribution is -0.148. The standard InChI is InChI=1S/C10H17NO3/c1-2-13-10(12)7-5-8-9(6-7)14-4-3-11-8/h7-9,11H,2-6H2,1H3/t7-,8+,9-/m1/s1. The van der Waals surface area contributed by atoms with Crippen molar-refractivity contribution in [3.05, 3.63) is 0 Å². The maximum absolute atomic E-state index is 11.5. The van der Waals surface area contributed by atoms with Crippen molar-refractivity contribution in [3.63, 3.8) is 0 Å². The molecule has 0 radical (unpaired) electrons. The van der Waals surface area contributed by atoms with Crippen LogP contribution in [0.3, 0.4) is 0 Å². The van der Waals surface area contributed by atoms with Gasteiger partial charge in [0.15, 0.2) is 0 Å². The third-order valence-corrected chi connectivity index (χ3v) is 2.96. The quantitative estimate of drug-likeness (QED) is 0.650. The van der Waals surface area contributed by atoms with Crippen LogP contribution in [0, 0.1) is 5.92 Å². The van der Waals surface area contributed by atoms with Gasteiger partial charge in [0.2, 0.25) is 0 Å².